The van der Waals surface area contributed by atoms with Crippen LogP contribution in [0.1, 0.15) is 64.0 Å². The number of hydrogen-bond acceptors (Lipinski definition) is 6. The van der Waals surface area contributed by atoms with Crippen molar-refractivity contribution in [2.24, 2.45) is 7.05 Å². The fourth-order valence-corrected chi connectivity index (χ4v) is 4.84. The van der Waals surface area contributed by atoms with Crippen molar-refractivity contribution < 1.29 is 19.1 Å². The Morgan fingerprint density at radius 1 is 1.09 bits per heavy atom. The quantitative estimate of drug-likeness (QED) is 0.556. The molecule has 2 aliphatic heterocycles. The van der Waals surface area contributed by atoms with E-state index in [-0.39, 0.29) is 24.0 Å². The number of ether oxygens (including phenoxy) is 1. The molecule has 0 saturated carbocycles. The van der Waals surface area contributed by atoms with Crippen LogP contribution >= 0.6 is 0 Å². The van der Waals surface area contributed by atoms with E-state index in [2.05, 4.69) is 10.2 Å². The Labute approximate surface area is 192 Å². The summed E-state index contributed by atoms with van der Waals surface area (Å²) in [6.07, 6.45) is 2.37. The van der Waals surface area contributed by atoms with Gasteiger partial charge in [-0.2, -0.15) is 0 Å². The van der Waals surface area contributed by atoms with Crippen molar-refractivity contribution in [3.63, 3.8) is 0 Å². The number of carbonyl (C=O) groups is 3. The van der Waals surface area contributed by atoms with Gasteiger partial charge >= 0.3 is 11.7 Å². The number of imidazole rings is 1. The van der Waals surface area contributed by atoms with Crippen molar-refractivity contribution in [1.82, 2.24) is 19.4 Å². The second kappa shape index (κ2) is 8.78. The summed E-state index contributed by atoms with van der Waals surface area (Å²) in [5.74, 6) is -0.599. The molecule has 4 rings (SSSR count). The zero-order chi connectivity index (χ0) is 23.9. The Bertz CT molecular complexity index is 1150. The molecule has 9 nitrogen and oxygen atoms in total. The lowest BCUT2D eigenvalue weighted by Crippen LogP contribution is -2.44. The first kappa shape index (κ1) is 23.2. The highest BCUT2D eigenvalue weighted by Gasteiger charge is 2.31. The number of nitrogens with one attached hydrogen (secondary N) is 1. The number of amides is 2. The Balaban J connectivity index is 1.49. The molecule has 9 heteroatoms. The van der Waals surface area contributed by atoms with Crippen LogP contribution in [0.25, 0.3) is 11.0 Å². The van der Waals surface area contributed by atoms with E-state index in [9.17, 15) is 19.2 Å². The van der Waals surface area contributed by atoms with Gasteiger partial charge < -0.3 is 4.74 Å². The molecule has 2 aliphatic rings. The number of aromatic nitrogens is 2. The lowest BCUT2D eigenvalue weighted by molar-refractivity contribution is -0.156. The number of esters is 1. The van der Waals surface area contributed by atoms with Crippen LogP contribution in [-0.4, -0.2) is 57.1 Å². The Morgan fingerprint density at radius 2 is 1.79 bits per heavy atom. The summed E-state index contributed by atoms with van der Waals surface area (Å²) in [6.45, 7) is 7.51. The summed E-state index contributed by atoms with van der Waals surface area (Å²) in [7, 11) is 1.71. The zero-order valence-corrected chi connectivity index (χ0v) is 19.7. The maximum atomic E-state index is 13.0. The van der Waals surface area contributed by atoms with E-state index in [0.717, 1.165) is 37.0 Å². The molecule has 0 bridgehead atoms. The second-order valence-electron chi connectivity index (χ2n) is 10.1. The molecule has 33 heavy (non-hydrogen) atoms. The highest BCUT2D eigenvalue weighted by Crippen LogP contribution is 2.31. The third-order valence-corrected chi connectivity index (χ3v) is 6.47. The summed E-state index contributed by atoms with van der Waals surface area (Å²) in [4.78, 5) is 51.1. The predicted octanol–water partition coefficient (Wildman–Crippen LogP) is 1.84. The van der Waals surface area contributed by atoms with Crippen LogP contribution in [0, 0.1) is 0 Å². The van der Waals surface area contributed by atoms with E-state index in [1.54, 1.807) is 11.6 Å². The van der Waals surface area contributed by atoms with Gasteiger partial charge in [-0.1, -0.05) is 6.07 Å². The molecular formula is C24H32N4O5. The summed E-state index contributed by atoms with van der Waals surface area (Å²) in [6, 6.07) is 5.29. The van der Waals surface area contributed by atoms with Crippen LogP contribution in [-0.2, 0) is 26.2 Å². The van der Waals surface area contributed by atoms with E-state index < -0.39 is 17.6 Å². The van der Waals surface area contributed by atoms with E-state index in [1.807, 2.05) is 39.0 Å². The summed E-state index contributed by atoms with van der Waals surface area (Å²) in [5, 5.41) is 2.34. The number of rotatable bonds is 4. The summed E-state index contributed by atoms with van der Waals surface area (Å²) < 4.78 is 8.50. The minimum atomic E-state index is -0.680. The lowest BCUT2D eigenvalue weighted by Gasteiger charge is -2.32. The molecule has 2 saturated heterocycles. The monoisotopic (exact) mass is 456 g/mol. The molecule has 178 valence electrons. The van der Waals surface area contributed by atoms with Crippen LogP contribution < -0.4 is 11.0 Å². The number of carbonyl (C=O) groups excluding carboxylic acids is 3. The Hall–Kier alpha value is -2.94. The maximum Gasteiger partial charge on any atom is 0.329 e. The molecule has 1 atom stereocenters. The average molecular weight is 457 g/mol. The first-order valence-electron chi connectivity index (χ1n) is 11.5. The van der Waals surface area contributed by atoms with E-state index >= 15 is 0 Å². The number of nitrogens with zero attached hydrogens (tertiary/aromatic N) is 3. The molecule has 1 aromatic heterocycles. The standard InChI is InChI=1S/C24H32N4O5/c1-24(2,3)33-21(30)14-27-11-9-15(10-12-27)16-5-6-17-19(13-16)26(4)23(32)28(17)18-7-8-20(29)25-22(18)31/h5-6,13,15,18H,7-12,14H2,1-4H3,(H,25,29,31)/t18-/m1/s1. The van der Waals surface area contributed by atoms with Crippen molar-refractivity contribution >= 4 is 28.8 Å². The van der Waals surface area contributed by atoms with Crippen molar-refractivity contribution in [2.45, 2.75) is 64.0 Å². The molecule has 2 amide bonds. The number of hydrogen-bond donors (Lipinski definition) is 1. The minimum Gasteiger partial charge on any atom is -0.459 e. The van der Waals surface area contributed by atoms with Crippen molar-refractivity contribution in [3.05, 3.63) is 34.2 Å². The van der Waals surface area contributed by atoms with Crippen molar-refractivity contribution in [1.29, 1.82) is 0 Å². The topological polar surface area (TPSA) is 103 Å². The zero-order valence-electron chi connectivity index (χ0n) is 19.7. The van der Waals surface area contributed by atoms with Crippen LogP contribution in [0.4, 0.5) is 0 Å². The molecule has 2 fully saturated rings. The fraction of sp³-hybridized carbons (Fsp3) is 0.583. The molecule has 1 aromatic carbocycles. The predicted molar refractivity (Wildman–Crippen MR) is 123 cm³/mol. The Kier molecular flexibility index (Phi) is 6.18. The highest BCUT2D eigenvalue weighted by atomic mass is 16.6. The number of fused-ring (bicyclic) bond motifs is 1. The minimum absolute atomic E-state index is 0.202. The van der Waals surface area contributed by atoms with Gasteiger partial charge in [0, 0.05) is 13.5 Å². The van der Waals surface area contributed by atoms with Gasteiger partial charge in [0.1, 0.15) is 11.6 Å². The third kappa shape index (κ3) is 4.88. The summed E-state index contributed by atoms with van der Waals surface area (Å²) >= 11 is 0. The van der Waals surface area contributed by atoms with Gasteiger partial charge in [0.2, 0.25) is 11.8 Å². The first-order valence-corrected chi connectivity index (χ1v) is 11.5. The number of piperidine rings is 2. The number of benzene rings is 1. The van der Waals surface area contributed by atoms with Gasteiger partial charge in [-0.05, 0) is 76.7 Å². The van der Waals surface area contributed by atoms with E-state index in [4.69, 9.17) is 4.74 Å². The van der Waals surface area contributed by atoms with Gasteiger partial charge in [-0.25, -0.2) is 4.79 Å². The van der Waals surface area contributed by atoms with Crippen LogP contribution in [0.2, 0.25) is 0 Å². The number of aryl methyl sites for hydroxylation is 1. The molecule has 3 heterocycles. The fourth-order valence-electron chi connectivity index (χ4n) is 4.84. The second-order valence-corrected chi connectivity index (χ2v) is 10.1. The molecule has 0 radical (unpaired) electrons. The van der Waals surface area contributed by atoms with Crippen LogP contribution in [0.15, 0.2) is 23.0 Å². The van der Waals surface area contributed by atoms with Crippen LogP contribution in [0.3, 0.4) is 0 Å². The van der Waals surface area contributed by atoms with Gasteiger partial charge in [0.15, 0.2) is 0 Å². The first-order chi connectivity index (χ1) is 15.5. The SMILES string of the molecule is Cn1c(=O)n([C@@H]2CCC(=O)NC2=O)c2ccc(C3CCN(CC(=O)OC(C)(C)C)CC3)cc21. The van der Waals surface area contributed by atoms with Gasteiger partial charge in [0.05, 0.1) is 17.6 Å². The van der Waals surface area contributed by atoms with E-state index in [0.29, 0.717) is 24.4 Å². The number of imide groups is 1. The average Bonchev–Trinajstić information content (AvgIpc) is 2.97. The lowest BCUT2D eigenvalue weighted by atomic mass is 9.89. The largest absolute Gasteiger partial charge is 0.459 e. The van der Waals surface area contributed by atoms with E-state index in [1.165, 1.54) is 4.57 Å². The molecule has 2 aromatic rings. The molecular weight excluding hydrogens is 424 g/mol. The molecule has 0 spiro atoms. The van der Waals surface area contributed by atoms with Gasteiger partial charge in [-0.3, -0.25) is 33.7 Å². The summed E-state index contributed by atoms with van der Waals surface area (Å²) in [5.41, 5.74) is 1.88. The maximum absolute atomic E-state index is 13.0. The van der Waals surface area contributed by atoms with Crippen molar-refractivity contribution in [3.8, 4) is 0 Å². The molecule has 0 unspecified atom stereocenters. The number of likely N-dealkylation sites (tertiary alicyclic amines) is 1. The molecule has 0 aliphatic carbocycles. The van der Waals surface area contributed by atoms with Crippen molar-refractivity contribution in [2.75, 3.05) is 19.6 Å². The third-order valence-electron chi connectivity index (χ3n) is 6.47. The smallest absolute Gasteiger partial charge is 0.329 e. The molecule has 1 N–H and O–H groups in total. The van der Waals surface area contributed by atoms with Gasteiger partial charge in [0.25, 0.3) is 0 Å². The van der Waals surface area contributed by atoms with Crippen LogP contribution in [0.5, 0.6) is 0 Å². The Morgan fingerprint density at radius 3 is 2.42 bits per heavy atom. The highest BCUT2D eigenvalue weighted by molar-refractivity contribution is 6.00. The van der Waals surface area contributed by atoms with Gasteiger partial charge in [-0.15, -0.1) is 0 Å². The normalized spacial score (nSPS) is 20.8.